The first-order valence-corrected chi connectivity index (χ1v) is 8.77. The van der Waals surface area contributed by atoms with Gasteiger partial charge in [-0.2, -0.15) is 13.2 Å². The smallest absolute Gasteiger partial charge is 0.393 e. The zero-order chi connectivity index (χ0) is 20.7. The number of nitrogens with zero attached hydrogens (tertiary/aromatic N) is 1. The van der Waals surface area contributed by atoms with Crippen molar-refractivity contribution in [1.29, 1.82) is 0 Å². The molecule has 154 valence electrons. The van der Waals surface area contributed by atoms with E-state index in [2.05, 4.69) is 5.32 Å². The third-order valence-electron chi connectivity index (χ3n) is 4.96. The van der Waals surface area contributed by atoms with Crippen LogP contribution in [0.2, 0.25) is 0 Å². The van der Waals surface area contributed by atoms with E-state index < -0.39 is 54.5 Å². The fraction of sp³-hybridized carbons (Fsp3) is 0.556. The second-order valence-corrected chi connectivity index (χ2v) is 7.31. The van der Waals surface area contributed by atoms with Gasteiger partial charge in [0.25, 0.3) is 11.8 Å². The molecule has 0 heterocycles. The molecule has 2 fully saturated rings. The Morgan fingerprint density at radius 2 is 1.75 bits per heavy atom. The molecule has 5 nitrogen and oxygen atoms in total. The Hall–Kier alpha value is -2.23. The molecule has 2 saturated carbocycles. The van der Waals surface area contributed by atoms with Crippen LogP contribution < -0.4 is 5.32 Å². The average molecular weight is 406 g/mol. The van der Waals surface area contributed by atoms with Gasteiger partial charge in [0.05, 0.1) is 18.2 Å². The topological polar surface area (TPSA) is 69.6 Å². The standard InChI is InChI=1S/C18H19F5N2O3/c19-17(20)7-12(17)8-25(9-15(27)24-13-5-14(26)6-13)16(28)10-1-3-11(4-2-10)18(21,22)23/h1-4,12-14,26H,5-9H2,(H,24,27). The summed E-state index contributed by atoms with van der Waals surface area (Å²) in [6, 6.07) is 3.14. The minimum atomic E-state index is -4.56. The second kappa shape index (κ2) is 7.31. The maximum absolute atomic E-state index is 13.3. The molecule has 0 aliphatic heterocycles. The predicted octanol–water partition coefficient (Wildman–Crippen LogP) is 2.44. The summed E-state index contributed by atoms with van der Waals surface area (Å²) in [4.78, 5) is 25.7. The first kappa shape index (κ1) is 20.5. The Kier molecular flexibility index (Phi) is 5.35. The van der Waals surface area contributed by atoms with Crippen molar-refractivity contribution in [1.82, 2.24) is 10.2 Å². The van der Waals surface area contributed by atoms with Crippen LogP contribution in [-0.4, -0.2) is 53.0 Å². The lowest BCUT2D eigenvalue weighted by Crippen LogP contribution is -2.50. The minimum absolute atomic E-state index is 0.121. The van der Waals surface area contributed by atoms with Crippen molar-refractivity contribution in [3.8, 4) is 0 Å². The van der Waals surface area contributed by atoms with Crippen molar-refractivity contribution in [2.45, 2.75) is 43.5 Å². The highest BCUT2D eigenvalue weighted by Gasteiger charge is 2.57. The van der Waals surface area contributed by atoms with Gasteiger partial charge >= 0.3 is 6.18 Å². The van der Waals surface area contributed by atoms with E-state index in [9.17, 15) is 36.6 Å². The molecule has 1 unspecified atom stereocenters. The lowest BCUT2D eigenvalue weighted by atomic mass is 9.89. The van der Waals surface area contributed by atoms with Crippen molar-refractivity contribution >= 4 is 11.8 Å². The first-order chi connectivity index (χ1) is 13.0. The van der Waals surface area contributed by atoms with E-state index in [-0.39, 0.29) is 18.2 Å². The summed E-state index contributed by atoms with van der Waals surface area (Å²) in [6.07, 6.45) is -4.72. The van der Waals surface area contributed by atoms with Crippen LogP contribution in [0, 0.1) is 5.92 Å². The zero-order valence-corrected chi connectivity index (χ0v) is 14.7. The van der Waals surface area contributed by atoms with Crippen LogP contribution >= 0.6 is 0 Å². The van der Waals surface area contributed by atoms with E-state index >= 15 is 0 Å². The molecular formula is C18H19F5N2O3. The van der Waals surface area contributed by atoms with Gasteiger partial charge < -0.3 is 15.3 Å². The van der Waals surface area contributed by atoms with Crippen LogP contribution in [-0.2, 0) is 11.0 Å². The molecule has 0 spiro atoms. The Morgan fingerprint density at radius 1 is 1.18 bits per heavy atom. The normalized spacial score (nSPS) is 25.6. The summed E-state index contributed by atoms with van der Waals surface area (Å²) in [6.45, 7) is -0.855. The number of alkyl halides is 5. The maximum atomic E-state index is 13.3. The Balaban J connectivity index is 1.68. The van der Waals surface area contributed by atoms with Crippen molar-refractivity contribution < 1.29 is 36.6 Å². The molecule has 0 saturated heterocycles. The fourth-order valence-corrected chi connectivity index (χ4v) is 3.09. The molecule has 1 aromatic carbocycles. The third-order valence-corrected chi connectivity index (χ3v) is 4.96. The summed E-state index contributed by atoms with van der Waals surface area (Å²) in [5.74, 6) is -5.35. The highest BCUT2D eigenvalue weighted by atomic mass is 19.4. The number of rotatable bonds is 6. The van der Waals surface area contributed by atoms with Crippen LogP contribution in [0.3, 0.4) is 0 Å². The molecule has 0 radical (unpaired) electrons. The van der Waals surface area contributed by atoms with Gasteiger partial charge in [-0.25, -0.2) is 8.78 Å². The maximum Gasteiger partial charge on any atom is 0.416 e. The Bertz CT molecular complexity index is 745. The number of nitrogens with one attached hydrogen (secondary N) is 1. The lowest BCUT2D eigenvalue weighted by Gasteiger charge is -2.33. The molecular weight excluding hydrogens is 387 g/mol. The molecule has 2 aliphatic rings. The van der Waals surface area contributed by atoms with E-state index in [0.717, 1.165) is 29.2 Å². The van der Waals surface area contributed by atoms with E-state index in [1.165, 1.54) is 0 Å². The summed E-state index contributed by atoms with van der Waals surface area (Å²) in [5.41, 5.74) is -1.06. The summed E-state index contributed by atoms with van der Waals surface area (Å²) in [5, 5.41) is 11.8. The molecule has 2 amide bonds. The van der Waals surface area contributed by atoms with Crippen LogP contribution in [0.5, 0.6) is 0 Å². The SMILES string of the molecule is O=C(CN(CC1CC1(F)F)C(=O)c1ccc(C(F)(F)F)cc1)NC1CC(O)C1. The van der Waals surface area contributed by atoms with Gasteiger partial charge in [-0.05, 0) is 37.1 Å². The lowest BCUT2D eigenvalue weighted by molar-refractivity contribution is -0.137. The third kappa shape index (κ3) is 4.78. The Morgan fingerprint density at radius 3 is 2.21 bits per heavy atom. The first-order valence-electron chi connectivity index (χ1n) is 8.77. The number of aliphatic hydroxyl groups is 1. The van der Waals surface area contributed by atoms with E-state index in [1.54, 1.807) is 0 Å². The Labute approximate surface area is 157 Å². The molecule has 28 heavy (non-hydrogen) atoms. The van der Waals surface area contributed by atoms with Crippen LogP contribution in [0.1, 0.15) is 35.2 Å². The molecule has 0 bridgehead atoms. The monoisotopic (exact) mass is 406 g/mol. The highest BCUT2D eigenvalue weighted by molar-refractivity contribution is 5.96. The van der Waals surface area contributed by atoms with Gasteiger partial charge in [-0.15, -0.1) is 0 Å². The van der Waals surface area contributed by atoms with Crippen molar-refractivity contribution in [2.75, 3.05) is 13.1 Å². The zero-order valence-electron chi connectivity index (χ0n) is 14.7. The molecule has 2 N–H and O–H groups in total. The number of aliphatic hydroxyl groups excluding tert-OH is 1. The number of carbonyl (C=O) groups is 2. The van der Waals surface area contributed by atoms with E-state index in [1.807, 2.05) is 0 Å². The van der Waals surface area contributed by atoms with E-state index in [0.29, 0.717) is 12.8 Å². The number of amides is 2. The van der Waals surface area contributed by atoms with Crippen molar-refractivity contribution in [2.24, 2.45) is 5.92 Å². The largest absolute Gasteiger partial charge is 0.416 e. The minimum Gasteiger partial charge on any atom is -0.393 e. The number of halogens is 5. The second-order valence-electron chi connectivity index (χ2n) is 7.31. The molecule has 2 aliphatic carbocycles. The van der Waals surface area contributed by atoms with Crippen molar-refractivity contribution in [3.63, 3.8) is 0 Å². The van der Waals surface area contributed by atoms with Gasteiger partial charge in [0, 0.05) is 30.5 Å². The molecule has 1 atom stereocenters. The van der Waals surface area contributed by atoms with Gasteiger partial charge in [0.1, 0.15) is 0 Å². The average Bonchev–Trinajstić information content (AvgIpc) is 3.17. The summed E-state index contributed by atoms with van der Waals surface area (Å²) >= 11 is 0. The fourth-order valence-electron chi connectivity index (χ4n) is 3.09. The quantitative estimate of drug-likeness (QED) is 0.713. The molecule has 0 aromatic heterocycles. The number of carbonyl (C=O) groups excluding carboxylic acids is 2. The van der Waals surface area contributed by atoms with Crippen LogP contribution in [0.15, 0.2) is 24.3 Å². The molecule has 10 heteroatoms. The number of hydrogen-bond donors (Lipinski definition) is 2. The van der Waals surface area contributed by atoms with Gasteiger partial charge in [0.15, 0.2) is 0 Å². The summed E-state index contributed by atoms with van der Waals surface area (Å²) in [7, 11) is 0. The highest BCUT2D eigenvalue weighted by Crippen LogP contribution is 2.49. The van der Waals surface area contributed by atoms with Gasteiger partial charge in [-0.3, -0.25) is 9.59 Å². The van der Waals surface area contributed by atoms with Gasteiger partial charge in [0.2, 0.25) is 5.91 Å². The predicted molar refractivity (Wildman–Crippen MR) is 87.6 cm³/mol. The van der Waals surface area contributed by atoms with Crippen LogP contribution in [0.4, 0.5) is 22.0 Å². The molecule has 3 rings (SSSR count). The molecule has 1 aromatic rings. The van der Waals surface area contributed by atoms with E-state index in [4.69, 9.17) is 0 Å². The van der Waals surface area contributed by atoms with Crippen molar-refractivity contribution in [3.05, 3.63) is 35.4 Å². The summed E-state index contributed by atoms with van der Waals surface area (Å²) < 4.78 is 64.5. The number of benzene rings is 1. The number of hydrogen-bond acceptors (Lipinski definition) is 3. The van der Waals surface area contributed by atoms with Crippen LogP contribution in [0.25, 0.3) is 0 Å². The van der Waals surface area contributed by atoms with Gasteiger partial charge in [-0.1, -0.05) is 0 Å².